The normalized spacial score (nSPS) is 25.9. The van der Waals surface area contributed by atoms with Crippen molar-refractivity contribution in [1.29, 1.82) is 0 Å². The van der Waals surface area contributed by atoms with Gasteiger partial charge in [0.1, 0.15) is 0 Å². The lowest BCUT2D eigenvalue weighted by atomic mass is 9.32. The third-order valence-corrected chi connectivity index (χ3v) is 11.8. The van der Waals surface area contributed by atoms with Crippen molar-refractivity contribution in [3.63, 3.8) is 0 Å². The summed E-state index contributed by atoms with van der Waals surface area (Å²) in [7, 11) is 0. The van der Waals surface area contributed by atoms with Crippen LogP contribution >= 0.6 is 0 Å². The summed E-state index contributed by atoms with van der Waals surface area (Å²) in [5.74, 6) is -4.04. The van der Waals surface area contributed by atoms with E-state index in [0.717, 1.165) is 85.1 Å². The smallest absolute Gasteiger partial charge is 0.328 e. The fourth-order valence-corrected chi connectivity index (χ4v) is 10.3. The minimum absolute atomic E-state index is 0.282. The lowest BCUT2D eigenvalue weighted by Gasteiger charge is -2.71. The Hall–Kier alpha value is -6.28. The van der Waals surface area contributed by atoms with E-state index in [0.29, 0.717) is 0 Å². The molecule has 4 fully saturated rings. The lowest BCUT2D eigenvalue weighted by molar-refractivity contribution is -0.132. The topological polar surface area (TPSA) is 149 Å². The maximum absolute atomic E-state index is 11.3. The van der Waals surface area contributed by atoms with Gasteiger partial charge < -0.3 is 20.4 Å². The van der Waals surface area contributed by atoms with Crippen LogP contribution in [0.3, 0.4) is 0 Å². The SMILES string of the molecule is O=C(O)/C=C/c1ccc(C23CC4(c5ccc(/C=C/C(=O)O)cc5)CC(c5ccc(/C=C/C(=O)O)cc5)(C2)CC(c2ccc(/C=C/C(=O)O)cc2)(C3)C4)cc1. The van der Waals surface area contributed by atoms with Gasteiger partial charge in [-0.25, -0.2) is 19.2 Å². The summed E-state index contributed by atoms with van der Waals surface area (Å²) in [6.45, 7) is 0. The van der Waals surface area contributed by atoms with Gasteiger partial charge in [0.25, 0.3) is 0 Å². The molecule has 54 heavy (non-hydrogen) atoms. The maximum atomic E-state index is 11.3. The standard InChI is InChI=1S/C46H40O8/c47-39(48)21-9-31-1-13-35(14-2-31)43-25-44(36-15-3-32(4-16-36)10-22-40(49)50)28-45(26-43,37-17-5-33(6-18-37)11-23-41(51)52)30-46(27-43,29-44)38-19-7-34(8-20-38)12-24-42(53)54/h1-24H,25-30H2,(H,47,48)(H,49,50)(H,51,52)(H,53,54)/b21-9+,22-10+,23-11+,24-12+. The van der Waals surface area contributed by atoms with Gasteiger partial charge >= 0.3 is 23.9 Å². The van der Waals surface area contributed by atoms with E-state index < -0.39 is 23.9 Å². The number of benzene rings is 4. The Kier molecular flexibility index (Phi) is 9.31. The fraction of sp³-hybridized carbons (Fsp3) is 0.217. The molecule has 0 radical (unpaired) electrons. The van der Waals surface area contributed by atoms with Gasteiger partial charge in [0.2, 0.25) is 0 Å². The van der Waals surface area contributed by atoms with Crippen LogP contribution in [0.15, 0.2) is 121 Å². The second-order valence-corrected chi connectivity index (χ2v) is 15.4. The molecule has 0 aliphatic heterocycles. The van der Waals surface area contributed by atoms with Crippen LogP contribution in [0.2, 0.25) is 0 Å². The molecule has 0 aromatic heterocycles. The first-order chi connectivity index (χ1) is 25.8. The van der Waals surface area contributed by atoms with Crippen molar-refractivity contribution < 1.29 is 39.6 Å². The molecule has 0 spiro atoms. The number of hydrogen-bond donors (Lipinski definition) is 4. The summed E-state index contributed by atoms with van der Waals surface area (Å²) in [6, 6.07) is 33.0. The highest BCUT2D eigenvalue weighted by Crippen LogP contribution is 2.74. The minimum Gasteiger partial charge on any atom is -0.478 e. The van der Waals surface area contributed by atoms with Gasteiger partial charge in [-0.05, 0) is 129 Å². The Morgan fingerprint density at radius 2 is 0.500 bits per heavy atom. The van der Waals surface area contributed by atoms with Crippen LogP contribution in [0.25, 0.3) is 24.3 Å². The molecule has 4 aromatic rings. The zero-order chi connectivity index (χ0) is 38.1. The van der Waals surface area contributed by atoms with E-state index in [-0.39, 0.29) is 21.7 Å². The molecule has 8 rings (SSSR count). The highest BCUT2D eigenvalue weighted by atomic mass is 16.4. The molecule has 4 aliphatic carbocycles. The van der Waals surface area contributed by atoms with E-state index in [1.807, 2.05) is 48.5 Å². The van der Waals surface area contributed by atoms with E-state index in [9.17, 15) is 39.6 Å². The number of rotatable bonds is 12. The first-order valence-corrected chi connectivity index (χ1v) is 17.9. The number of carboxylic acid groups (broad SMARTS) is 4. The van der Waals surface area contributed by atoms with Crippen molar-refractivity contribution in [2.24, 2.45) is 0 Å². The number of carbonyl (C=O) groups is 4. The van der Waals surface area contributed by atoms with Gasteiger partial charge in [0.05, 0.1) is 0 Å². The molecule has 0 amide bonds. The molecule has 4 aromatic carbocycles. The molecule has 0 saturated heterocycles. The first-order valence-electron chi connectivity index (χ1n) is 17.9. The van der Waals surface area contributed by atoms with E-state index in [4.69, 9.17) is 0 Å². The van der Waals surface area contributed by atoms with Gasteiger partial charge in [-0.3, -0.25) is 0 Å². The van der Waals surface area contributed by atoms with Gasteiger partial charge in [-0.1, -0.05) is 97.1 Å². The Labute approximate surface area is 313 Å². The van der Waals surface area contributed by atoms with Crippen LogP contribution in [0, 0.1) is 0 Å². The van der Waals surface area contributed by atoms with E-state index in [1.165, 1.54) is 22.3 Å². The molecule has 4 bridgehead atoms. The molecule has 0 atom stereocenters. The van der Waals surface area contributed by atoms with Crippen molar-refractivity contribution in [2.75, 3.05) is 0 Å². The maximum Gasteiger partial charge on any atom is 0.328 e. The molecule has 4 N–H and O–H groups in total. The predicted octanol–water partition coefficient (Wildman–Crippen LogP) is 8.51. The summed E-state index contributed by atoms with van der Waals surface area (Å²) in [4.78, 5) is 45.1. The number of carboxylic acids is 4. The van der Waals surface area contributed by atoms with Crippen molar-refractivity contribution in [3.8, 4) is 0 Å². The van der Waals surface area contributed by atoms with Gasteiger partial charge in [0, 0.05) is 24.3 Å². The van der Waals surface area contributed by atoms with Crippen molar-refractivity contribution >= 4 is 48.2 Å². The summed E-state index contributed by atoms with van der Waals surface area (Å²) >= 11 is 0. The molecular weight excluding hydrogens is 680 g/mol. The zero-order valence-electron chi connectivity index (χ0n) is 29.5. The Bertz CT molecular complexity index is 1860. The Morgan fingerprint density at radius 1 is 0.333 bits per heavy atom. The van der Waals surface area contributed by atoms with E-state index in [1.54, 1.807) is 24.3 Å². The Morgan fingerprint density at radius 3 is 0.648 bits per heavy atom. The van der Waals surface area contributed by atoms with Crippen molar-refractivity contribution in [1.82, 2.24) is 0 Å². The summed E-state index contributed by atoms with van der Waals surface area (Å²) in [5, 5.41) is 36.9. The van der Waals surface area contributed by atoms with Crippen LogP contribution < -0.4 is 0 Å². The van der Waals surface area contributed by atoms with Crippen LogP contribution in [0.5, 0.6) is 0 Å². The van der Waals surface area contributed by atoms with Gasteiger partial charge in [-0.15, -0.1) is 0 Å². The Balaban J connectivity index is 1.42. The highest BCUT2D eigenvalue weighted by molar-refractivity contribution is 5.86. The van der Waals surface area contributed by atoms with Gasteiger partial charge in [0.15, 0.2) is 0 Å². The molecule has 0 heterocycles. The first kappa shape index (κ1) is 36.1. The van der Waals surface area contributed by atoms with Crippen LogP contribution in [-0.2, 0) is 40.8 Å². The molecular formula is C46H40O8. The predicted molar refractivity (Wildman–Crippen MR) is 207 cm³/mol. The second-order valence-electron chi connectivity index (χ2n) is 15.4. The molecule has 8 heteroatoms. The summed E-state index contributed by atoms with van der Waals surface area (Å²) in [5.41, 5.74) is 6.82. The highest BCUT2D eigenvalue weighted by Gasteiger charge is 2.69. The van der Waals surface area contributed by atoms with E-state index >= 15 is 0 Å². The van der Waals surface area contributed by atoms with Crippen molar-refractivity contribution in [2.45, 2.75) is 60.2 Å². The quantitative estimate of drug-likeness (QED) is 0.107. The van der Waals surface area contributed by atoms with Crippen LogP contribution in [0.4, 0.5) is 0 Å². The second kappa shape index (κ2) is 13.9. The lowest BCUT2D eigenvalue weighted by Crippen LogP contribution is -2.67. The molecule has 0 unspecified atom stereocenters. The molecule has 272 valence electrons. The third kappa shape index (κ3) is 7.07. The average molecular weight is 721 g/mol. The largest absolute Gasteiger partial charge is 0.478 e. The van der Waals surface area contributed by atoms with E-state index in [2.05, 4.69) is 48.5 Å². The minimum atomic E-state index is -1.01. The number of hydrogen-bond acceptors (Lipinski definition) is 4. The summed E-state index contributed by atoms with van der Waals surface area (Å²) < 4.78 is 0. The molecule has 8 nitrogen and oxygen atoms in total. The van der Waals surface area contributed by atoms with Crippen molar-refractivity contribution in [3.05, 3.63) is 166 Å². The number of aliphatic carboxylic acids is 4. The van der Waals surface area contributed by atoms with Gasteiger partial charge in [-0.2, -0.15) is 0 Å². The monoisotopic (exact) mass is 720 g/mol. The zero-order valence-corrected chi connectivity index (χ0v) is 29.5. The molecule has 4 saturated carbocycles. The fourth-order valence-electron chi connectivity index (χ4n) is 10.3. The van der Waals surface area contributed by atoms with Crippen LogP contribution in [-0.4, -0.2) is 44.3 Å². The van der Waals surface area contributed by atoms with Crippen LogP contribution in [0.1, 0.15) is 83.0 Å². The average Bonchev–Trinajstić information content (AvgIpc) is 3.15. The third-order valence-electron chi connectivity index (χ3n) is 11.8. The molecule has 4 aliphatic rings. The summed E-state index contributed by atoms with van der Waals surface area (Å²) in [6.07, 6.45) is 16.2.